The highest BCUT2D eigenvalue weighted by Crippen LogP contribution is 2.16. The molecule has 1 aliphatic rings. The third-order valence-electron chi connectivity index (χ3n) is 15.8. The van der Waals surface area contributed by atoms with Gasteiger partial charge >= 0.3 is 24.3 Å². The van der Waals surface area contributed by atoms with Crippen molar-refractivity contribution in [3.8, 4) is 0 Å². The lowest BCUT2D eigenvalue weighted by Gasteiger charge is -2.37. The Hall–Kier alpha value is -4.37. The first kappa shape index (κ1) is 106. The number of aliphatic hydroxyl groups excluding tert-OH is 1. The van der Waals surface area contributed by atoms with Gasteiger partial charge in [0, 0.05) is 137 Å². The number of halogens is 7. The second kappa shape index (κ2) is 65.0. The van der Waals surface area contributed by atoms with E-state index in [0.29, 0.717) is 58.9 Å². The Morgan fingerprint density at radius 3 is 1.55 bits per heavy atom. The Morgan fingerprint density at radius 2 is 1.08 bits per heavy atom. The molecule has 102 heavy (non-hydrogen) atoms. The number of carboxylic acid groups (broad SMARTS) is 3. The van der Waals surface area contributed by atoms with E-state index < -0.39 is 40.4 Å². The number of carboxylic acids is 3. The molecule has 0 spiro atoms. The summed E-state index contributed by atoms with van der Waals surface area (Å²) in [5.41, 5.74) is 5.02. The summed E-state index contributed by atoms with van der Waals surface area (Å²) in [6.45, 7) is 30.4. The molecule has 1 atom stereocenters. The number of hydrogen-bond donors (Lipinski definition) is 4. The van der Waals surface area contributed by atoms with Crippen molar-refractivity contribution >= 4 is 28.0 Å². The molecule has 0 saturated carbocycles. The van der Waals surface area contributed by atoms with Crippen LogP contribution >= 0.6 is 0 Å². The first-order valence-corrected chi connectivity index (χ1v) is 35.5. The highest BCUT2D eigenvalue weighted by atomic mass is 127. The lowest BCUT2D eigenvalue weighted by atomic mass is 10.1. The van der Waals surface area contributed by atoms with Crippen molar-refractivity contribution < 1.29 is 149 Å². The van der Waals surface area contributed by atoms with E-state index in [4.69, 9.17) is 63.0 Å². The van der Waals surface area contributed by atoms with Crippen molar-refractivity contribution in [3.63, 3.8) is 0 Å². The Balaban J connectivity index is -0.000000375. The number of unbranched alkanes of at least 4 members (excludes halogenated alkanes) is 1. The molecule has 4 rings (SSSR count). The second-order valence-corrected chi connectivity index (χ2v) is 25.7. The van der Waals surface area contributed by atoms with E-state index >= 15 is 0 Å². The van der Waals surface area contributed by atoms with Crippen LogP contribution in [0.4, 0.5) is 26.3 Å². The van der Waals surface area contributed by atoms with Crippen LogP contribution < -0.4 is 38.2 Å². The summed E-state index contributed by atoms with van der Waals surface area (Å²) in [5.74, 6) is -6.69. The van der Waals surface area contributed by atoms with E-state index in [-0.39, 0.29) is 50.2 Å². The maximum atomic E-state index is 10.6. The Kier molecular flexibility index (Phi) is 67.7. The number of alkyl halides is 6. The average Bonchev–Trinajstić information content (AvgIpc) is 0.865. The molecule has 0 amide bonds. The monoisotopic (exact) mass is 1610 g/mol. The Labute approximate surface area is 623 Å². The first-order chi connectivity index (χ1) is 47.2. The molecule has 2 aromatic heterocycles. The van der Waals surface area contributed by atoms with Gasteiger partial charge in [0.25, 0.3) is 10.1 Å². The van der Waals surface area contributed by atoms with E-state index in [2.05, 4.69) is 114 Å². The van der Waals surface area contributed by atoms with E-state index in [1.807, 2.05) is 36.7 Å². The van der Waals surface area contributed by atoms with E-state index in [1.165, 1.54) is 86.5 Å². The first-order valence-electron chi connectivity index (χ1n) is 33.9. The predicted octanol–water partition coefficient (Wildman–Crippen LogP) is 3.75. The fraction of sp³-hybridized carbons (Fsp3) is 0.729. The molecular weight excluding hydrogens is 1480 g/mol. The molecule has 32 heteroatoms. The zero-order chi connectivity index (χ0) is 76.3. The largest absolute Gasteiger partial charge is 1.00 e. The number of likely N-dealkylation sites (N-methyl/N-ethyl adjacent to an activating group) is 4. The Morgan fingerprint density at radius 1 is 0.598 bits per heavy atom. The molecule has 0 bridgehead atoms. The molecule has 4 N–H and O–H groups in total. The second-order valence-electron chi connectivity index (χ2n) is 24.1. The summed E-state index contributed by atoms with van der Waals surface area (Å²) < 4.78 is 134. The lowest BCUT2D eigenvalue weighted by Crippen LogP contribution is -3.00. The highest BCUT2D eigenvalue weighted by molar-refractivity contribution is 7.85. The summed E-state index contributed by atoms with van der Waals surface area (Å²) in [6, 6.07) is 19.0. The summed E-state index contributed by atoms with van der Waals surface area (Å²) in [4.78, 5) is 35.5. The minimum Gasteiger partial charge on any atom is -1.00 e. The van der Waals surface area contributed by atoms with Gasteiger partial charge in [-0.25, -0.2) is 13.9 Å². The minimum atomic E-state index is -5.19. The van der Waals surface area contributed by atoms with Crippen LogP contribution in [0.15, 0.2) is 73.2 Å². The molecule has 1 saturated heterocycles. The topological polar surface area (TPSA) is 271 Å². The fourth-order valence-corrected chi connectivity index (χ4v) is 9.95. The number of methoxy groups -OCH3 is 5. The number of nitrogens with zero attached hydrogens (tertiary/aromatic N) is 7. The van der Waals surface area contributed by atoms with Gasteiger partial charge in [-0.3, -0.25) is 9.35 Å². The van der Waals surface area contributed by atoms with E-state index in [1.54, 1.807) is 35.5 Å². The van der Waals surface area contributed by atoms with Crippen molar-refractivity contribution in [2.45, 2.75) is 131 Å². The molecule has 1 aromatic carbocycles. The minimum absolute atomic E-state index is 0. The van der Waals surface area contributed by atoms with Crippen molar-refractivity contribution in [1.82, 2.24) is 14.7 Å². The number of ether oxygens (including phenoxy) is 7. The van der Waals surface area contributed by atoms with Gasteiger partial charge in [-0.15, -0.1) is 0 Å². The van der Waals surface area contributed by atoms with E-state index in [0.717, 1.165) is 101 Å². The number of aryl methyl sites for hydroxylation is 4. The van der Waals surface area contributed by atoms with Crippen LogP contribution in [0.1, 0.15) is 102 Å². The number of hydrogen-bond acceptors (Lipinski definition) is 17. The summed E-state index contributed by atoms with van der Waals surface area (Å²) in [5, 5.41) is 33.3. The third kappa shape index (κ3) is 63.0. The third-order valence-corrected chi connectivity index (χ3v) is 16.7. The van der Waals surface area contributed by atoms with Crippen molar-refractivity contribution in [2.24, 2.45) is 0 Å². The average molecular weight is 1610 g/mol. The van der Waals surface area contributed by atoms with Gasteiger partial charge in [-0.1, -0.05) is 37.8 Å². The maximum absolute atomic E-state index is 10.6. The molecule has 598 valence electrons. The predicted molar refractivity (Wildman–Crippen MR) is 375 cm³/mol. The number of aromatic nitrogens is 2. The molecule has 24 nitrogen and oxygen atoms in total. The summed E-state index contributed by atoms with van der Waals surface area (Å²) in [7, 11) is 13.8. The number of rotatable bonds is 35. The number of benzene rings is 1. The van der Waals surface area contributed by atoms with Gasteiger partial charge in [0.2, 0.25) is 0 Å². The fourth-order valence-electron chi connectivity index (χ4n) is 9.38. The molecule has 3 heterocycles. The van der Waals surface area contributed by atoms with Gasteiger partial charge in [0.1, 0.15) is 19.1 Å². The number of pyridine rings is 2. The standard InChI is InChI=1S/C21H47N4O3.C15H26NO.C12H17NO3.C12H20NO2.C5H12O4S.2C2HF3O2.CH4.HI/c1-22-8-6-9-24(3)13-15-25(4,14-7-10-23(2)12-11-22)16-17-27-20-21-28-19-18-26-5;1-5-16(6-2,7-3)12-14-8-10-15(11-9-14)13-17-4;1-16-10-2-7-13-8-5-11(6-9-13)3-4-12(14)15;1-15-11-5-9-13-8-3-2-6-12(13)7-4-10-14;1-9-4-2-3-5-10(6,7)8;2*3-2(4,5)1(6)7;;/h6-21H2,1-5H3;8-11H,5-7,12-13H2,1-4H3;5-6,8-9H,2-4,7,10H2,1H3;2-3,6,8,14H,4-5,7,9-11H2,1H3;2-5H2,1H3,(H,6,7,8);2*(H,6,7);1H4;1H/q2*+1;;+1;;;;;/p-1. The molecule has 0 aliphatic carbocycles. The summed E-state index contributed by atoms with van der Waals surface area (Å²) >= 11 is 0. The number of aliphatic hydroxyl groups is 1. The molecule has 3 aromatic rings. The maximum Gasteiger partial charge on any atom is 0.490 e. The molecular formula is C70H128F6IN7O17S+2. The van der Waals surface area contributed by atoms with Gasteiger partial charge in [0.05, 0.1) is 98.4 Å². The zero-order valence-electron chi connectivity index (χ0n) is 62.2. The van der Waals surface area contributed by atoms with Crippen LogP contribution in [0.3, 0.4) is 0 Å². The van der Waals surface area contributed by atoms with Crippen LogP contribution in [-0.4, -0.2) is 290 Å². The van der Waals surface area contributed by atoms with Gasteiger partial charge in [0.15, 0.2) is 37.4 Å². The molecule has 1 fully saturated rings. The van der Waals surface area contributed by atoms with Gasteiger partial charge in [-0.05, 0) is 98.2 Å². The van der Waals surface area contributed by atoms with Gasteiger partial charge < -0.3 is 106 Å². The number of quaternary nitrogens is 2. The van der Waals surface area contributed by atoms with Crippen molar-refractivity contribution in [1.29, 1.82) is 0 Å². The van der Waals surface area contributed by atoms with Crippen molar-refractivity contribution in [2.75, 3.05) is 207 Å². The Bertz CT molecular complexity index is 2560. The molecule has 0 radical (unpaired) electrons. The van der Waals surface area contributed by atoms with Crippen molar-refractivity contribution in [3.05, 3.63) is 95.6 Å². The van der Waals surface area contributed by atoms with Crippen LogP contribution in [-0.2, 0) is 96.7 Å². The zero-order valence-corrected chi connectivity index (χ0v) is 65.1. The van der Waals surface area contributed by atoms with Gasteiger partial charge in [-0.2, -0.15) is 34.8 Å². The van der Waals surface area contributed by atoms with Crippen LogP contribution in [0.25, 0.3) is 0 Å². The van der Waals surface area contributed by atoms with E-state index in [9.17, 15) is 39.6 Å². The van der Waals surface area contributed by atoms with Crippen LogP contribution in [0, 0.1) is 0 Å². The SMILES string of the molecule is C.CC[N+](CC)(CC)Cc1ccc(COC)cc1.COCCCCS(=O)(=O)O.COCCC[n+]1ccc(CCC(=O)O)cc1.COCCC[n+]1ccccc1CCCO.COCCOCCOCC[N+]1(C)CCCN(C)CCN(C)CCCN(C)CC1.O=C(O)C(F)(F)F.O=C([O-])C(F)(F)F.[I-]. The van der Waals surface area contributed by atoms with Crippen LogP contribution in [0.5, 0.6) is 0 Å². The smallest absolute Gasteiger partial charge is 0.490 e. The molecule has 1 unspecified atom stereocenters. The highest BCUT2D eigenvalue weighted by Gasteiger charge is 2.38. The number of aliphatic carboxylic acids is 3. The number of carbonyl (C=O) groups excluding carboxylic acids is 1. The molecule has 1 aliphatic heterocycles. The quantitative estimate of drug-likeness (QED) is 0.0163. The number of carbonyl (C=O) groups is 3. The normalized spacial score (nSPS) is 14.9. The summed E-state index contributed by atoms with van der Waals surface area (Å²) in [6.07, 6.45) is 3.91. The lowest BCUT2D eigenvalue weighted by molar-refractivity contribution is -0.936. The van der Waals surface area contributed by atoms with Crippen LogP contribution in [0.2, 0.25) is 0 Å².